The van der Waals surface area contributed by atoms with Gasteiger partial charge >= 0.3 is 0 Å². The molecule has 4 aliphatic rings. The van der Waals surface area contributed by atoms with Gasteiger partial charge in [-0.1, -0.05) is 168 Å². The molecule has 108 heavy (non-hydrogen) atoms. The number of rotatable bonds is 18. The van der Waals surface area contributed by atoms with Crippen molar-refractivity contribution in [2.45, 2.75) is 37.7 Å². The number of benzene rings is 7. The van der Waals surface area contributed by atoms with Crippen LogP contribution in [-0.4, -0.2) is 182 Å². The largest absolute Gasteiger partial charge is 0.497 e. The van der Waals surface area contributed by atoms with Crippen LogP contribution in [0.2, 0.25) is 15.1 Å². The number of pyridine rings is 3. The Morgan fingerprint density at radius 2 is 0.750 bits per heavy atom. The molecule has 0 atom stereocenters. The zero-order chi connectivity index (χ0) is 74.3. The van der Waals surface area contributed by atoms with Crippen molar-refractivity contribution in [3.05, 3.63) is 281 Å². The van der Waals surface area contributed by atoms with Crippen molar-refractivity contribution >= 4 is 73.6 Å². The Morgan fingerprint density at radius 1 is 0.398 bits per heavy atom. The van der Waals surface area contributed by atoms with Gasteiger partial charge in [0.25, 0.3) is 5.91 Å². The van der Waals surface area contributed by atoms with Crippen molar-refractivity contribution in [3.63, 3.8) is 0 Å². The second-order valence-electron chi connectivity index (χ2n) is 27.6. The summed E-state index contributed by atoms with van der Waals surface area (Å²) >= 11 is 18.5. The molecule has 13 aromatic rings. The number of imidazole rings is 3. The summed E-state index contributed by atoms with van der Waals surface area (Å²) in [7, 11) is 0.0473. The standard InChI is InChI=1S/C32H29ClN4O2.C27H27ClN4O2S.C27H27ClN4O2/c1-39-28-9-5-8-25(20-28)32(38)36-18-16-35(17-19-36)22-29-31(24-10-13-27(33)14-11-24)34-30-15-12-26(21-37(29)30)23-6-3-2-4-7-23;28-23-9-6-21(7-10-23)27-25(19-30-14-16-31(17-15-30)35(33,34)24-11-12-24)32-18-22(8-13-26(32)29-27)20-4-2-1-3-5-20;1-34-19-26(33)31-15-13-30(14-16-31)18-24-27(21-7-10-23(28)11-8-21)29-25-12-9-22(17-32(24)25)20-5-3-2-4-6-20/h2-15,20-21H,16-19,22H2,1H3;1-10,13,18,24H,11-12,14-17,19H2;2-12,17H,13-16,18-19H2,1H3. The average Bonchev–Trinajstić information content (AvgIpc) is 1.63. The Bertz CT molecular complexity index is 5410. The van der Waals surface area contributed by atoms with E-state index in [4.69, 9.17) is 59.2 Å². The first-order chi connectivity index (χ1) is 52.7. The van der Waals surface area contributed by atoms with Gasteiger partial charge in [0.2, 0.25) is 15.9 Å². The van der Waals surface area contributed by atoms with E-state index in [1.165, 1.54) is 5.56 Å². The van der Waals surface area contributed by atoms with E-state index in [-0.39, 0.29) is 23.7 Å². The molecule has 22 heteroatoms. The van der Waals surface area contributed by atoms with Crippen LogP contribution in [0, 0.1) is 0 Å². The molecule has 4 fully saturated rings. The zero-order valence-corrected chi connectivity index (χ0v) is 63.3. The van der Waals surface area contributed by atoms with E-state index in [1.807, 2.05) is 131 Å². The average molecular weight is 1520 g/mol. The number of carbonyl (C=O) groups is 2. The minimum atomic E-state index is -3.12. The molecule has 1 saturated carbocycles. The van der Waals surface area contributed by atoms with Crippen LogP contribution in [0.4, 0.5) is 0 Å². The van der Waals surface area contributed by atoms with Gasteiger partial charge in [0, 0.05) is 161 Å². The number of carbonyl (C=O) groups excluding carboxylic acids is 2. The third-order valence-electron chi connectivity index (χ3n) is 20.6. The minimum absolute atomic E-state index is 0.0395. The number of sulfonamides is 1. The lowest BCUT2D eigenvalue weighted by atomic mass is 10.1. The van der Waals surface area contributed by atoms with E-state index in [0.29, 0.717) is 85.3 Å². The lowest BCUT2D eigenvalue weighted by Crippen LogP contribution is -2.49. The lowest BCUT2D eigenvalue weighted by Gasteiger charge is -2.34. The van der Waals surface area contributed by atoms with Crippen LogP contribution in [0.3, 0.4) is 0 Å². The summed E-state index contributed by atoms with van der Waals surface area (Å²) in [6, 6.07) is 74.5. The summed E-state index contributed by atoms with van der Waals surface area (Å²) < 4.78 is 43.9. The summed E-state index contributed by atoms with van der Waals surface area (Å²) in [6.45, 7) is 10.7. The third kappa shape index (κ3) is 16.8. The molecule has 18 nitrogen and oxygen atoms in total. The molecule has 0 spiro atoms. The molecule has 17 rings (SSSR count). The van der Waals surface area contributed by atoms with Crippen molar-refractivity contribution in [3.8, 4) is 72.9 Å². The van der Waals surface area contributed by atoms with Gasteiger partial charge in [0.05, 0.1) is 46.5 Å². The van der Waals surface area contributed by atoms with E-state index in [9.17, 15) is 18.0 Å². The minimum Gasteiger partial charge on any atom is -0.497 e. The second kappa shape index (κ2) is 33.2. The molecule has 0 unspecified atom stereocenters. The number of halogens is 3. The van der Waals surface area contributed by atoms with Crippen molar-refractivity contribution < 1.29 is 27.5 Å². The van der Waals surface area contributed by atoms with Gasteiger partial charge in [0.1, 0.15) is 29.3 Å². The van der Waals surface area contributed by atoms with Crippen LogP contribution < -0.4 is 4.74 Å². The number of fused-ring (bicyclic) bond motifs is 3. The highest BCUT2D eigenvalue weighted by atomic mass is 35.5. The SMILES string of the molecule is COCC(=O)N1CCN(Cc2c(-c3ccc(Cl)cc3)nc3ccc(-c4ccccc4)cn23)CC1.COc1cccc(C(=O)N2CCN(Cc3c(-c4ccc(Cl)cc4)nc4ccc(-c5ccccc5)cn34)CC2)c1.O=S(=O)(C1CC1)N1CCN(Cc2c(-c3ccc(Cl)cc3)nc3ccc(-c4ccccc4)cn23)CC1. The predicted octanol–water partition coefficient (Wildman–Crippen LogP) is 15.8. The number of hydrogen-bond donors (Lipinski definition) is 0. The van der Waals surface area contributed by atoms with Crippen LogP contribution in [0.5, 0.6) is 5.75 Å². The molecule has 7 aromatic carbocycles. The van der Waals surface area contributed by atoms with Crippen molar-refractivity contribution in [1.82, 2.24) is 57.0 Å². The molecular weight excluding hydrogens is 1440 g/mol. The van der Waals surface area contributed by atoms with Crippen LogP contribution in [0.1, 0.15) is 40.3 Å². The molecule has 0 bridgehead atoms. The number of piperazine rings is 3. The van der Waals surface area contributed by atoms with Crippen molar-refractivity contribution in [1.29, 1.82) is 0 Å². The van der Waals surface area contributed by atoms with Crippen molar-refractivity contribution in [2.75, 3.05) is 99.4 Å². The topological polar surface area (TPSA) is 158 Å². The summed E-state index contributed by atoms with van der Waals surface area (Å²) in [5, 5.41) is 1.95. The maximum Gasteiger partial charge on any atom is 0.254 e. The fourth-order valence-electron chi connectivity index (χ4n) is 14.4. The third-order valence-corrected chi connectivity index (χ3v) is 23.7. The molecular formula is C86H83Cl3N12O6S. The number of hydrogen-bond acceptors (Lipinski definition) is 12. The van der Waals surface area contributed by atoms with Gasteiger partial charge in [0.15, 0.2) is 0 Å². The van der Waals surface area contributed by atoms with E-state index in [2.05, 4.69) is 144 Å². The first-order valence-electron chi connectivity index (χ1n) is 36.5. The number of nitrogens with zero attached hydrogens (tertiary/aromatic N) is 12. The highest BCUT2D eigenvalue weighted by molar-refractivity contribution is 7.90. The van der Waals surface area contributed by atoms with Crippen LogP contribution in [-0.2, 0) is 39.2 Å². The molecule has 2 amide bonds. The normalized spacial score (nSPS) is 15.4. The first-order valence-corrected chi connectivity index (χ1v) is 39.2. The van der Waals surface area contributed by atoms with Crippen LogP contribution in [0.25, 0.3) is 84.1 Å². The van der Waals surface area contributed by atoms with E-state index in [1.54, 1.807) is 24.6 Å². The molecule has 1 aliphatic carbocycles. The van der Waals surface area contributed by atoms with E-state index < -0.39 is 10.0 Å². The second-order valence-corrected chi connectivity index (χ2v) is 31.1. The lowest BCUT2D eigenvalue weighted by molar-refractivity contribution is -0.136. The highest BCUT2D eigenvalue weighted by Crippen LogP contribution is 2.36. The molecule has 0 radical (unpaired) electrons. The zero-order valence-electron chi connectivity index (χ0n) is 60.3. The van der Waals surface area contributed by atoms with E-state index >= 15 is 0 Å². The Morgan fingerprint density at radius 3 is 1.10 bits per heavy atom. The quantitative estimate of drug-likeness (QED) is 0.0802. The molecule has 3 aliphatic heterocycles. The van der Waals surface area contributed by atoms with Crippen LogP contribution >= 0.6 is 34.8 Å². The van der Waals surface area contributed by atoms with Gasteiger partial charge < -0.3 is 32.5 Å². The first kappa shape index (κ1) is 73.5. The Labute approximate surface area is 644 Å². The molecule has 9 heterocycles. The van der Waals surface area contributed by atoms with Gasteiger partial charge in [-0.05, 0) is 137 Å². The molecule has 0 N–H and O–H groups in total. The number of methoxy groups -OCH3 is 2. The predicted molar refractivity (Wildman–Crippen MR) is 430 cm³/mol. The Hall–Kier alpha value is -10.0. The molecule has 550 valence electrons. The summed E-state index contributed by atoms with van der Waals surface area (Å²) in [6.07, 6.45) is 8.11. The Kier molecular flexibility index (Phi) is 22.6. The summed E-state index contributed by atoms with van der Waals surface area (Å²) in [5.74, 6) is 0.778. The highest BCUT2D eigenvalue weighted by Gasteiger charge is 2.41. The molecule has 6 aromatic heterocycles. The fourth-order valence-corrected chi connectivity index (χ4v) is 16.6. The number of amides is 2. The fraction of sp³-hybridized carbons (Fsp3) is 0.244. The van der Waals surface area contributed by atoms with Crippen LogP contribution in [0.15, 0.2) is 243 Å². The molecule has 3 saturated heterocycles. The van der Waals surface area contributed by atoms with Gasteiger partial charge in [-0.3, -0.25) is 24.3 Å². The van der Waals surface area contributed by atoms with Gasteiger partial charge in [-0.2, -0.15) is 4.31 Å². The monoisotopic (exact) mass is 1520 g/mol. The summed E-state index contributed by atoms with van der Waals surface area (Å²) in [4.78, 5) is 51.2. The Balaban J connectivity index is 0.000000130. The van der Waals surface area contributed by atoms with E-state index in [0.717, 1.165) is 148 Å². The summed E-state index contributed by atoms with van der Waals surface area (Å²) in [5.41, 5.74) is 19.5. The van der Waals surface area contributed by atoms with Crippen molar-refractivity contribution in [2.24, 2.45) is 0 Å². The smallest absolute Gasteiger partial charge is 0.254 e. The number of aromatic nitrogens is 6. The maximum absolute atomic E-state index is 13.1. The van der Waals surface area contributed by atoms with Gasteiger partial charge in [-0.25, -0.2) is 23.4 Å². The maximum atomic E-state index is 13.1. The number of ether oxygens (including phenoxy) is 2. The van der Waals surface area contributed by atoms with Gasteiger partial charge in [-0.15, -0.1) is 0 Å².